The maximum absolute atomic E-state index is 12.3. The summed E-state index contributed by atoms with van der Waals surface area (Å²) in [5, 5.41) is 13.8. The molecule has 0 fully saturated rings. The van der Waals surface area contributed by atoms with E-state index in [1.807, 2.05) is 0 Å². The van der Waals surface area contributed by atoms with E-state index in [0.717, 1.165) is 6.07 Å². The zero-order valence-electron chi connectivity index (χ0n) is 16.5. The van der Waals surface area contributed by atoms with E-state index in [-0.39, 0.29) is 17.0 Å². The number of Topliss-reactive ketones (excluding diaryl/α,β-unsaturated/α-hetero) is 1. The number of nitro benzene ring substituents is 1. The lowest BCUT2D eigenvalue weighted by Gasteiger charge is -2.15. The van der Waals surface area contributed by atoms with Gasteiger partial charge in [0.15, 0.2) is 11.9 Å². The van der Waals surface area contributed by atoms with Crippen molar-refractivity contribution in [2.24, 2.45) is 0 Å². The minimum Gasteiger partial charge on any atom is -0.449 e. The molecule has 0 unspecified atom stereocenters. The quantitative estimate of drug-likeness (QED) is 0.329. The summed E-state index contributed by atoms with van der Waals surface area (Å²) in [6.45, 7) is 2.82. The molecule has 1 amide bonds. The molecule has 0 saturated carbocycles. The zero-order valence-corrected chi connectivity index (χ0v) is 16.5. The molecule has 152 valence electrons. The van der Waals surface area contributed by atoms with Crippen LogP contribution in [0, 0.1) is 10.1 Å². The van der Waals surface area contributed by atoms with Crippen molar-refractivity contribution >= 4 is 34.7 Å². The van der Waals surface area contributed by atoms with Gasteiger partial charge in [-0.2, -0.15) is 0 Å². The van der Waals surface area contributed by atoms with Crippen LogP contribution in [0.4, 0.5) is 17.1 Å². The Morgan fingerprint density at radius 3 is 2.17 bits per heavy atom. The van der Waals surface area contributed by atoms with Crippen molar-refractivity contribution in [3.05, 3.63) is 63.7 Å². The molecule has 2 aromatic carbocycles. The molecule has 29 heavy (non-hydrogen) atoms. The van der Waals surface area contributed by atoms with Gasteiger partial charge in [-0.25, -0.2) is 4.79 Å². The van der Waals surface area contributed by atoms with E-state index in [1.54, 1.807) is 43.3 Å². The van der Waals surface area contributed by atoms with Gasteiger partial charge in [0.05, 0.1) is 10.5 Å². The molecule has 0 heterocycles. The topological polar surface area (TPSA) is 119 Å². The van der Waals surface area contributed by atoms with Crippen LogP contribution in [0.3, 0.4) is 0 Å². The van der Waals surface area contributed by atoms with Crippen molar-refractivity contribution in [2.45, 2.75) is 20.0 Å². The Morgan fingerprint density at radius 2 is 1.66 bits per heavy atom. The first-order chi connectivity index (χ1) is 13.6. The number of carbonyl (C=O) groups excluding carboxylic acids is 3. The molecule has 0 saturated heterocycles. The van der Waals surface area contributed by atoms with Crippen molar-refractivity contribution in [3.8, 4) is 0 Å². The molecule has 0 aliphatic carbocycles. The standard InChI is InChI=1S/C20H21N3O6/c1-12(24)14-5-8-16(9-6-14)21-19(25)13(2)29-20(26)15-7-10-17(22(3)4)18(11-15)23(27)28/h5-11,13H,1-4H3,(H,21,25)/t13-/m1/s1. The first kappa shape index (κ1) is 21.5. The summed E-state index contributed by atoms with van der Waals surface area (Å²) in [5.41, 5.74) is 1.00. The number of nitrogens with one attached hydrogen (secondary N) is 1. The number of nitro groups is 1. The first-order valence-corrected chi connectivity index (χ1v) is 8.68. The Balaban J connectivity index is 2.07. The summed E-state index contributed by atoms with van der Waals surface area (Å²) in [6, 6.07) is 10.2. The minimum absolute atomic E-state index is 0.0345. The summed E-state index contributed by atoms with van der Waals surface area (Å²) >= 11 is 0. The highest BCUT2D eigenvalue weighted by atomic mass is 16.6. The third-order valence-electron chi connectivity index (χ3n) is 4.10. The van der Waals surface area contributed by atoms with Crippen molar-refractivity contribution in [2.75, 3.05) is 24.3 Å². The van der Waals surface area contributed by atoms with Crippen LogP contribution in [0.25, 0.3) is 0 Å². The third-order valence-corrected chi connectivity index (χ3v) is 4.10. The predicted molar refractivity (Wildman–Crippen MR) is 107 cm³/mol. The highest BCUT2D eigenvalue weighted by molar-refractivity contribution is 5.98. The van der Waals surface area contributed by atoms with E-state index >= 15 is 0 Å². The van der Waals surface area contributed by atoms with Crippen molar-refractivity contribution in [1.29, 1.82) is 0 Å². The smallest absolute Gasteiger partial charge is 0.339 e. The maximum atomic E-state index is 12.3. The van der Waals surface area contributed by atoms with Crippen LogP contribution >= 0.6 is 0 Å². The number of rotatable bonds is 7. The van der Waals surface area contributed by atoms with Crippen LogP contribution in [-0.4, -0.2) is 42.8 Å². The molecule has 0 aliphatic heterocycles. The second kappa shape index (κ2) is 8.96. The molecule has 0 spiro atoms. The molecule has 0 radical (unpaired) electrons. The number of ketones is 1. The second-order valence-corrected chi connectivity index (χ2v) is 6.53. The molecule has 1 atom stereocenters. The van der Waals surface area contributed by atoms with Gasteiger partial charge in [-0.15, -0.1) is 0 Å². The molecule has 2 aromatic rings. The van der Waals surface area contributed by atoms with Crippen molar-refractivity contribution < 1.29 is 24.0 Å². The van der Waals surface area contributed by atoms with Crippen LogP contribution in [0.1, 0.15) is 34.6 Å². The summed E-state index contributed by atoms with van der Waals surface area (Å²) in [4.78, 5) is 48.0. The third kappa shape index (κ3) is 5.38. The maximum Gasteiger partial charge on any atom is 0.339 e. The van der Waals surface area contributed by atoms with Crippen LogP contribution in [0.2, 0.25) is 0 Å². The van der Waals surface area contributed by atoms with Gasteiger partial charge in [0, 0.05) is 31.4 Å². The van der Waals surface area contributed by atoms with Crippen LogP contribution in [-0.2, 0) is 9.53 Å². The molecule has 0 aromatic heterocycles. The van der Waals surface area contributed by atoms with Gasteiger partial charge < -0.3 is 15.0 Å². The van der Waals surface area contributed by atoms with E-state index in [2.05, 4.69) is 5.32 Å². The zero-order chi connectivity index (χ0) is 21.7. The fourth-order valence-electron chi connectivity index (χ4n) is 2.49. The first-order valence-electron chi connectivity index (χ1n) is 8.68. The number of anilines is 2. The number of nitrogens with zero attached hydrogens (tertiary/aromatic N) is 2. The number of esters is 1. The fourth-order valence-corrected chi connectivity index (χ4v) is 2.49. The van der Waals surface area contributed by atoms with Gasteiger partial charge in [0.25, 0.3) is 11.6 Å². The molecule has 9 heteroatoms. The number of carbonyl (C=O) groups is 3. The van der Waals surface area contributed by atoms with Gasteiger partial charge >= 0.3 is 5.97 Å². The molecule has 1 N–H and O–H groups in total. The predicted octanol–water partition coefficient (Wildman–Crippen LogP) is 3.05. The highest BCUT2D eigenvalue weighted by Gasteiger charge is 2.23. The van der Waals surface area contributed by atoms with E-state index in [0.29, 0.717) is 16.9 Å². The number of benzene rings is 2. The van der Waals surface area contributed by atoms with Crippen LogP contribution in [0.5, 0.6) is 0 Å². The van der Waals surface area contributed by atoms with Crippen LogP contribution < -0.4 is 10.2 Å². The lowest BCUT2D eigenvalue weighted by Crippen LogP contribution is -2.30. The molecular formula is C20H21N3O6. The second-order valence-electron chi connectivity index (χ2n) is 6.53. The summed E-state index contributed by atoms with van der Waals surface area (Å²) in [7, 11) is 3.30. The van der Waals surface area contributed by atoms with Gasteiger partial charge in [-0.05, 0) is 50.2 Å². The average molecular weight is 399 g/mol. The monoisotopic (exact) mass is 399 g/mol. The van der Waals surface area contributed by atoms with Crippen molar-refractivity contribution in [1.82, 2.24) is 0 Å². The largest absolute Gasteiger partial charge is 0.449 e. The summed E-state index contributed by atoms with van der Waals surface area (Å²) in [6.07, 6.45) is -1.14. The molecule has 9 nitrogen and oxygen atoms in total. The van der Waals surface area contributed by atoms with Crippen LogP contribution in [0.15, 0.2) is 42.5 Å². The summed E-state index contributed by atoms with van der Waals surface area (Å²) in [5.74, 6) is -1.53. The lowest BCUT2D eigenvalue weighted by molar-refractivity contribution is -0.384. The Hall–Kier alpha value is -3.75. The van der Waals surface area contributed by atoms with E-state index < -0.39 is 22.9 Å². The Bertz CT molecular complexity index is 953. The van der Waals surface area contributed by atoms with Crippen molar-refractivity contribution in [3.63, 3.8) is 0 Å². The number of hydrogen-bond acceptors (Lipinski definition) is 7. The number of amides is 1. The SMILES string of the molecule is CC(=O)c1ccc(NC(=O)[C@@H](C)OC(=O)c2ccc(N(C)C)c([N+](=O)[O-])c2)cc1. The summed E-state index contributed by atoms with van der Waals surface area (Å²) < 4.78 is 5.13. The average Bonchev–Trinajstić information content (AvgIpc) is 2.67. The van der Waals surface area contributed by atoms with E-state index in [9.17, 15) is 24.5 Å². The molecule has 0 aliphatic rings. The van der Waals surface area contributed by atoms with Gasteiger partial charge in [0.1, 0.15) is 5.69 Å². The van der Waals surface area contributed by atoms with E-state index in [1.165, 1.54) is 26.0 Å². The fraction of sp³-hybridized carbons (Fsp3) is 0.250. The van der Waals surface area contributed by atoms with E-state index in [4.69, 9.17) is 4.74 Å². The normalized spacial score (nSPS) is 11.3. The van der Waals surface area contributed by atoms with Gasteiger partial charge in [-0.1, -0.05) is 0 Å². The molecule has 0 bridgehead atoms. The lowest BCUT2D eigenvalue weighted by atomic mass is 10.1. The Labute approximate surface area is 167 Å². The Kier molecular flexibility index (Phi) is 6.66. The van der Waals surface area contributed by atoms with Gasteiger partial charge in [-0.3, -0.25) is 19.7 Å². The minimum atomic E-state index is -1.14. The number of ether oxygens (including phenoxy) is 1. The number of hydrogen-bond donors (Lipinski definition) is 1. The Morgan fingerprint density at radius 1 is 1.07 bits per heavy atom. The highest BCUT2D eigenvalue weighted by Crippen LogP contribution is 2.28. The van der Waals surface area contributed by atoms with Gasteiger partial charge in [0.2, 0.25) is 0 Å². The molecular weight excluding hydrogens is 378 g/mol. The molecule has 2 rings (SSSR count).